The molecule has 1 aliphatic heterocycles. The van der Waals surface area contributed by atoms with Gasteiger partial charge in [-0.15, -0.1) is 0 Å². The molecule has 0 fully saturated rings. The molecule has 7 heteroatoms. The van der Waals surface area contributed by atoms with Crippen molar-refractivity contribution in [2.75, 3.05) is 11.5 Å². The number of benzene rings is 4. The third kappa shape index (κ3) is 4.61. The highest BCUT2D eigenvalue weighted by Crippen LogP contribution is 2.43. The van der Waals surface area contributed by atoms with E-state index in [1.807, 2.05) is 86.6 Å². The van der Waals surface area contributed by atoms with Crippen LogP contribution in [0.25, 0.3) is 11.0 Å². The first-order valence-corrected chi connectivity index (χ1v) is 13.4. The molecule has 0 N–H and O–H groups in total. The molecule has 0 spiro atoms. The average molecular weight is 552 g/mol. The van der Waals surface area contributed by atoms with E-state index in [1.54, 1.807) is 23.1 Å². The van der Waals surface area contributed by atoms with E-state index in [4.69, 9.17) is 25.5 Å². The van der Waals surface area contributed by atoms with Crippen LogP contribution in [0.5, 0.6) is 11.5 Å². The minimum atomic E-state index is -0.743. The van der Waals surface area contributed by atoms with Gasteiger partial charge in [0.2, 0.25) is 5.76 Å². The number of halogens is 1. The van der Waals surface area contributed by atoms with Gasteiger partial charge in [0.1, 0.15) is 12.2 Å². The molecule has 0 saturated heterocycles. The summed E-state index contributed by atoms with van der Waals surface area (Å²) < 4.78 is 18.1. The summed E-state index contributed by atoms with van der Waals surface area (Å²) in [5, 5.41) is 0.734. The van der Waals surface area contributed by atoms with Crippen LogP contribution in [0.1, 0.15) is 45.8 Å². The summed E-state index contributed by atoms with van der Waals surface area (Å²) in [5.74, 6) is 0.722. The van der Waals surface area contributed by atoms with Gasteiger partial charge in [0.05, 0.1) is 23.6 Å². The van der Waals surface area contributed by atoms with Gasteiger partial charge in [-0.25, -0.2) is 0 Å². The standard InChI is InChI=1S/C33H26ClNO5/c1-3-38-28-17-22(11-15-27(28)39-19-21-7-5-4-6-8-21)30-29-31(36)25-18-23(34)12-16-26(25)40-32(29)33(37)35(30)24-13-9-20(2)10-14-24/h4-18,30H,3,19H2,1-2H3. The Morgan fingerprint density at radius 3 is 2.40 bits per heavy atom. The van der Waals surface area contributed by atoms with Crippen molar-refractivity contribution in [2.24, 2.45) is 0 Å². The second-order valence-corrected chi connectivity index (χ2v) is 10.1. The van der Waals surface area contributed by atoms with E-state index in [-0.39, 0.29) is 22.7 Å². The van der Waals surface area contributed by atoms with Crippen molar-refractivity contribution in [2.45, 2.75) is 26.5 Å². The maximum atomic E-state index is 13.9. The number of hydrogen-bond acceptors (Lipinski definition) is 5. The van der Waals surface area contributed by atoms with Gasteiger partial charge in [-0.2, -0.15) is 0 Å². The summed E-state index contributed by atoms with van der Waals surface area (Å²) in [6.45, 7) is 4.66. The lowest BCUT2D eigenvalue weighted by atomic mass is 9.97. The number of amides is 1. The number of ether oxygens (including phenoxy) is 2. The zero-order chi connectivity index (χ0) is 27.8. The van der Waals surface area contributed by atoms with E-state index in [2.05, 4.69) is 0 Å². The molecule has 1 aromatic heterocycles. The monoisotopic (exact) mass is 551 g/mol. The summed E-state index contributed by atoms with van der Waals surface area (Å²) >= 11 is 6.22. The minimum Gasteiger partial charge on any atom is -0.490 e. The van der Waals surface area contributed by atoms with E-state index >= 15 is 0 Å². The van der Waals surface area contributed by atoms with Gasteiger partial charge in [-0.1, -0.05) is 65.7 Å². The van der Waals surface area contributed by atoms with Crippen LogP contribution in [0.2, 0.25) is 5.02 Å². The number of rotatable bonds is 7. The van der Waals surface area contributed by atoms with Gasteiger partial charge in [0.15, 0.2) is 16.9 Å². The zero-order valence-corrected chi connectivity index (χ0v) is 22.8. The predicted octanol–water partition coefficient (Wildman–Crippen LogP) is 7.48. The van der Waals surface area contributed by atoms with E-state index < -0.39 is 6.04 Å². The lowest BCUT2D eigenvalue weighted by Gasteiger charge is -2.26. The summed E-state index contributed by atoms with van der Waals surface area (Å²) in [7, 11) is 0. The molecule has 1 atom stereocenters. The lowest BCUT2D eigenvalue weighted by molar-refractivity contribution is 0.0971. The zero-order valence-electron chi connectivity index (χ0n) is 22.0. The highest BCUT2D eigenvalue weighted by Gasteiger charge is 2.44. The Hall–Kier alpha value is -4.55. The maximum Gasteiger partial charge on any atom is 0.295 e. The van der Waals surface area contributed by atoms with Crippen molar-refractivity contribution in [3.63, 3.8) is 0 Å². The Balaban J connectivity index is 1.50. The second kappa shape index (κ2) is 10.5. The average Bonchev–Trinajstić information content (AvgIpc) is 3.26. The second-order valence-electron chi connectivity index (χ2n) is 9.64. The van der Waals surface area contributed by atoms with Crippen molar-refractivity contribution < 1.29 is 18.7 Å². The van der Waals surface area contributed by atoms with Crippen molar-refractivity contribution in [1.82, 2.24) is 0 Å². The number of anilines is 1. The van der Waals surface area contributed by atoms with Gasteiger partial charge >= 0.3 is 0 Å². The van der Waals surface area contributed by atoms with Crippen LogP contribution in [-0.4, -0.2) is 12.5 Å². The fourth-order valence-corrected chi connectivity index (χ4v) is 5.22. The number of carbonyl (C=O) groups excluding carboxylic acids is 1. The highest BCUT2D eigenvalue weighted by molar-refractivity contribution is 6.31. The van der Waals surface area contributed by atoms with E-state index in [9.17, 15) is 9.59 Å². The van der Waals surface area contributed by atoms with Gasteiger partial charge < -0.3 is 13.9 Å². The molecule has 200 valence electrons. The number of fused-ring (bicyclic) bond motifs is 2. The van der Waals surface area contributed by atoms with Crippen LogP contribution in [0.3, 0.4) is 0 Å². The summed E-state index contributed by atoms with van der Waals surface area (Å²) in [6, 6.07) is 27.0. The SMILES string of the molecule is CCOc1cc(C2c3c(oc4ccc(Cl)cc4c3=O)C(=O)N2c2ccc(C)cc2)ccc1OCc1ccccc1. The first kappa shape index (κ1) is 25.7. The van der Waals surface area contributed by atoms with Crippen molar-refractivity contribution >= 4 is 34.2 Å². The van der Waals surface area contributed by atoms with Gasteiger partial charge in [0, 0.05) is 10.7 Å². The van der Waals surface area contributed by atoms with E-state index in [0.29, 0.717) is 52.0 Å². The predicted molar refractivity (Wildman–Crippen MR) is 156 cm³/mol. The third-order valence-corrected chi connectivity index (χ3v) is 7.20. The van der Waals surface area contributed by atoms with Gasteiger partial charge in [0.25, 0.3) is 5.91 Å². The Bertz CT molecular complexity index is 1780. The first-order chi connectivity index (χ1) is 19.4. The number of aryl methyl sites for hydroxylation is 1. The summed E-state index contributed by atoms with van der Waals surface area (Å²) in [5.41, 5.74) is 3.70. The van der Waals surface area contributed by atoms with E-state index in [0.717, 1.165) is 11.1 Å². The topological polar surface area (TPSA) is 69.0 Å². The molecular formula is C33H26ClNO5. The molecule has 0 bridgehead atoms. The molecule has 1 amide bonds. The number of carbonyl (C=O) groups is 1. The quantitative estimate of drug-likeness (QED) is 0.210. The van der Waals surface area contributed by atoms with Crippen LogP contribution >= 0.6 is 11.6 Å². The largest absolute Gasteiger partial charge is 0.490 e. The molecule has 40 heavy (non-hydrogen) atoms. The number of nitrogens with zero attached hydrogens (tertiary/aromatic N) is 1. The Labute approximate surface area is 236 Å². The summed E-state index contributed by atoms with van der Waals surface area (Å²) in [6.07, 6.45) is 0. The van der Waals surface area contributed by atoms with Crippen LogP contribution < -0.4 is 19.8 Å². The van der Waals surface area contributed by atoms with Crippen LogP contribution in [0.4, 0.5) is 5.69 Å². The molecule has 6 nitrogen and oxygen atoms in total. The Kier molecular flexibility index (Phi) is 6.78. The van der Waals surface area contributed by atoms with Crippen LogP contribution in [0, 0.1) is 6.92 Å². The molecule has 1 unspecified atom stereocenters. The molecule has 0 aliphatic carbocycles. The van der Waals surface area contributed by atoms with Gasteiger partial charge in [-0.05, 0) is 67.4 Å². The minimum absolute atomic E-state index is 0.0211. The first-order valence-electron chi connectivity index (χ1n) is 13.0. The van der Waals surface area contributed by atoms with Crippen molar-refractivity contribution in [3.8, 4) is 11.5 Å². The molecule has 1 aliphatic rings. The Morgan fingerprint density at radius 2 is 1.65 bits per heavy atom. The van der Waals surface area contributed by atoms with Gasteiger partial charge in [-0.3, -0.25) is 14.5 Å². The fourth-order valence-electron chi connectivity index (χ4n) is 5.05. The highest BCUT2D eigenvalue weighted by atomic mass is 35.5. The molecule has 5 aromatic rings. The molecular weight excluding hydrogens is 526 g/mol. The smallest absolute Gasteiger partial charge is 0.295 e. The molecule has 4 aromatic carbocycles. The van der Waals surface area contributed by atoms with Crippen LogP contribution in [-0.2, 0) is 6.61 Å². The normalized spacial score (nSPS) is 14.4. The lowest BCUT2D eigenvalue weighted by Crippen LogP contribution is -2.29. The maximum absolute atomic E-state index is 13.9. The van der Waals surface area contributed by atoms with Crippen LogP contribution in [0.15, 0.2) is 100 Å². The van der Waals surface area contributed by atoms with Crippen molar-refractivity contribution in [3.05, 3.63) is 134 Å². The van der Waals surface area contributed by atoms with Crippen molar-refractivity contribution in [1.29, 1.82) is 0 Å². The molecule has 2 heterocycles. The molecule has 0 radical (unpaired) electrons. The molecule has 6 rings (SSSR count). The third-order valence-electron chi connectivity index (χ3n) is 6.96. The fraction of sp³-hybridized carbons (Fsp3) is 0.152. The van der Waals surface area contributed by atoms with E-state index in [1.165, 1.54) is 0 Å². The Morgan fingerprint density at radius 1 is 0.875 bits per heavy atom. The summed E-state index contributed by atoms with van der Waals surface area (Å²) in [4.78, 5) is 29.4. The molecule has 0 saturated carbocycles. The number of hydrogen-bond donors (Lipinski definition) is 0.